The van der Waals surface area contributed by atoms with Crippen LogP contribution in [0.3, 0.4) is 0 Å². The predicted octanol–water partition coefficient (Wildman–Crippen LogP) is 5.07. The summed E-state index contributed by atoms with van der Waals surface area (Å²) < 4.78 is 0. The number of nitrogens with zero attached hydrogens (tertiary/aromatic N) is 2. The molecule has 0 saturated carbocycles. The van der Waals surface area contributed by atoms with Crippen molar-refractivity contribution >= 4 is 21.8 Å². The second-order valence-corrected chi connectivity index (χ2v) is 5.65. The topological polar surface area (TPSA) is 25.8 Å². The van der Waals surface area contributed by atoms with Gasteiger partial charge in [-0.3, -0.25) is 4.98 Å². The van der Waals surface area contributed by atoms with E-state index >= 15 is 0 Å². The Bertz CT molecular complexity index is 1000. The SMILES string of the molecule is Cc1cccc2nc(-c3ccc4cccnc4c3C)ccc12. The summed E-state index contributed by atoms with van der Waals surface area (Å²) in [6, 6.07) is 18.8. The number of aromatic nitrogens is 2. The van der Waals surface area contributed by atoms with Gasteiger partial charge in [0.2, 0.25) is 0 Å². The average Bonchev–Trinajstić information content (AvgIpc) is 2.55. The van der Waals surface area contributed by atoms with Gasteiger partial charge in [-0.1, -0.05) is 36.4 Å². The number of fused-ring (bicyclic) bond motifs is 2. The number of aryl methyl sites for hydroxylation is 2. The Morgan fingerprint density at radius 3 is 2.64 bits per heavy atom. The fourth-order valence-corrected chi connectivity index (χ4v) is 3.03. The molecule has 0 spiro atoms. The largest absolute Gasteiger partial charge is 0.256 e. The summed E-state index contributed by atoms with van der Waals surface area (Å²) in [6.45, 7) is 4.24. The van der Waals surface area contributed by atoms with E-state index in [2.05, 4.69) is 67.4 Å². The first kappa shape index (κ1) is 13.0. The second-order valence-electron chi connectivity index (χ2n) is 5.65. The Hall–Kier alpha value is -2.74. The molecule has 4 rings (SSSR count). The van der Waals surface area contributed by atoms with Crippen LogP contribution in [0.5, 0.6) is 0 Å². The standard InChI is InChI=1S/C20H16N2/c1-13-5-3-7-18-16(13)10-11-19(22-18)17-9-8-15-6-4-12-21-20(15)14(17)2/h3-12H,1-2H3. The normalized spacial score (nSPS) is 11.2. The van der Waals surface area contributed by atoms with Crippen molar-refractivity contribution in [2.24, 2.45) is 0 Å². The maximum absolute atomic E-state index is 4.85. The first-order valence-corrected chi connectivity index (χ1v) is 7.45. The summed E-state index contributed by atoms with van der Waals surface area (Å²) in [5.41, 5.74) is 6.67. The van der Waals surface area contributed by atoms with Crippen LogP contribution in [0, 0.1) is 13.8 Å². The molecule has 0 atom stereocenters. The fourth-order valence-electron chi connectivity index (χ4n) is 3.03. The Morgan fingerprint density at radius 2 is 1.73 bits per heavy atom. The van der Waals surface area contributed by atoms with E-state index in [0.717, 1.165) is 22.3 Å². The zero-order chi connectivity index (χ0) is 15.1. The van der Waals surface area contributed by atoms with E-state index in [0.29, 0.717) is 0 Å². The Labute approximate surface area is 129 Å². The van der Waals surface area contributed by atoms with E-state index in [1.165, 1.54) is 21.9 Å². The van der Waals surface area contributed by atoms with Crippen molar-refractivity contribution in [3.8, 4) is 11.3 Å². The minimum Gasteiger partial charge on any atom is -0.256 e. The van der Waals surface area contributed by atoms with Gasteiger partial charge in [-0.05, 0) is 43.2 Å². The number of rotatable bonds is 1. The zero-order valence-corrected chi connectivity index (χ0v) is 12.7. The molecular weight excluding hydrogens is 268 g/mol. The lowest BCUT2D eigenvalue weighted by Crippen LogP contribution is -1.91. The maximum Gasteiger partial charge on any atom is 0.0737 e. The van der Waals surface area contributed by atoms with Gasteiger partial charge in [0.15, 0.2) is 0 Å². The summed E-state index contributed by atoms with van der Waals surface area (Å²) in [5, 5.41) is 2.38. The van der Waals surface area contributed by atoms with Gasteiger partial charge in [0.1, 0.15) is 0 Å². The fraction of sp³-hybridized carbons (Fsp3) is 0.100. The third-order valence-electron chi connectivity index (χ3n) is 4.25. The molecule has 0 aliphatic carbocycles. The van der Waals surface area contributed by atoms with E-state index in [1.54, 1.807) is 0 Å². The van der Waals surface area contributed by atoms with Crippen LogP contribution in [0.4, 0.5) is 0 Å². The van der Waals surface area contributed by atoms with Gasteiger partial charge in [-0.25, -0.2) is 4.98 Å². The Kier molecular flexibility index (Phi) is 2.90. The van der Waals surface area contributed by atoms with Crippen LogP contribution in [-0.2, 0) is 0 Å². The summed E-state index contributed by atoms with van der Waals surface area (Å²) >= 11 is 0. The number of benzene rings is 2. The molecule has 22 heavy (non-hydrogen) atoms. The second kappa shape index (κ2) is 4.92. The average molecular weight is 284 g/mol. The van der Waals surface area contributed by atoms with Crippen LogP contribution in [0.1, 0.15) is 11.1 Å². The van der Waals surface area contributed by atoms with Gasteiger partial charge in [-0.15, -0.1) is 0 Å². The quantitative estimate of drug-likeness (QED) is 0.488. The molecular formula is C20H16N2. The molecule has 0 bridgehead atoms. The minimum atomic E-state index is 1.00. The number of pyridine rings is 2. The zero-order valence-electron chi connectivity index (χ0n) is 12.7. The molecule has 106 valence electrons. The van der Waals surface area contributed by atoms with E-state index in [1.807, 2.05) is 12.3 Å². The molecule has 0 aliphatic heterocycles. The van der Waals surface area contributed by atoms with Crippen molar-refractivity contribution in [1.29, 1.82) is 0 Å². The smallest absolute Gasteiger partial charge is 0.0737 e. The molecule has 2 heteroatoms. The van der Waals surface area contributed by atoms with Crippen molar-refractivity contribution in [3.63, 3.8) is 0 Å². The van der Waals surface area contributed by atoms with Crippen molar-refractivity contribution in [2.45, 2.75) is 13.8 Å². The molecule has 2 nitrogen and oxygen atoms in total. The summed E-state index contributed by atoms with van der Waals surface area (Å²) in [7, 11) is 0. The van der Waals surface area contributed by atoms with E-state index in [-0.39, 0.29) is 0 Å². The van der Waals surface area contributed by atoms with Crippen LogP contribution in [-0.4, -0.2) is 9.97 Å². The molecule has 0 aliphatic rings. The van der Waals surface area contributed by atoms with Crippen molar-refractivity contribution in [3.05, 3.63) is 71.9 Å². The van der Waals surface area contributed by atoms with Crippen molar-refractivity contribution < 1.29 is 0 Å². The van der Waals surface area contributed by atoms with Gasteiger partial charge in [-0.2, -0.15) is 0 Å². The van der Waals surface area contributed by atoms with Gasteiger partial charge in [0, 0.05) is 22.5 Å². The van der Waals surface area contributed by atoms with E-state index in [4.69, 9.17) is 4.98 Å². The van der Waals surface area contributed by atoms with Crippen molar-refractivity contribution in [2.75, 3.05) is 0 Å². The van der Waals surface area contributed by atoms with Gasteiger partial charge in [0.25, 0.3) is 0 Å². The lowest BCUT2D eigenvalue weighted by Gasteiger charge is -2.10. The maximum atomic E-state index is 4.85. The van der Waals surface area contributed by atoms with Gasteiger partial charge >= 0.3 is 0 Å². The highest BCUT2D eigenvalue weighted by atomic mass is 14.7. The number of hydrogen-bond acceptors (Lipinski definition) is 2. The molecule has 0 fully saturated rings. The lowest BCUT2D eigenvalue weighted by atomic mass is 10.00. The summed E-state index contributed by atoms with van der Waals surface area (Å²) in [5.74, 6) is 0. The molecule has 4 aromatic rings. The monoisotopic (exact) mass is 284 g/mol. The van der Waals surface area contributed by atoms with Crippen LogP contribution in [0.2, 0.25) is 0 Å². The Morgan fingerprint density at radius 1 is 0.818 bits per heavy atom. The molecule has 0 amide bonds. The highest BCUT2D eigenvalue weighted by molar-refractivity contribution is 5.90. The van der Waals surface area contributed by atoms with Crippen molar-refractivity contribution in [1.82, 2.24) is 9.97 Å². The lowest BCUT2D eigenvalue weighted by molar-refractivity contribution is 1.33. The first-order chi connectivity index (χ1) is 10.7. The van der Waals surface area contributed by atoms with Gasteiger partial charge < -0.3 is 0 Å². The third kappa shape index (κ3) is 1.96. The Balaban J connectivity index is 1.97. The molecule has 2 heterocycles. The van der Waals surface area contributed by atoms with E-state index < -0.39 is 0 Å². The van der Waals surface area contributed by atoms with Gasteiger partial charge in [0.05, 0.1) is 16.7 Å². The van der Waals surface area contributed by atoms with Crippen LogP contribution in [0.15, 0.2) is 60.8 Å². The highest BCUT2D eigenvalue weighted by Crippen LogP contribution is 2.29. The first-order valence-electron chi connectivity index (χ1n) is 7.45. The molecule has 0 radical (unpaired) electrons. The molecule has 0 saturated heterocycles. The summed E-state index contributed by atoms with van der Waals surface area (Å²) in [6.07, 6.45) is 1.84. The van der Waals surface area contributed by atoms with Crippen LogP contribution in [0.25, 0.3) is 33.1 Å². The molecule has 0 N–H and O–H groups in total. The highest BCUT2D eigenvalue weighted by Gasteiger charge is 2.09. The number of hydrogen-bond donors (Lipinski definition) is 0. The third-order valence-corrected chi connectivity index (χ3v) is 4.25. The molecule has 2 aromatic heterocycles. The molecule has 2 aromatic carbocycles. The summed E-state index contributed by atoms with van der Waals surface area (Å²) in [4.78, 5) is 9.36. The van der Waals surface area contributed by atoms with Crippen LogP contribution < -0.4 is 0 Å². The van der Waals surface area contributed by atoms with Crippen LogP contribution >= 0.6 is 0 Å². The van der Waals surface area contributed by atoms with E-state index in [9.17, 15) is 0 Å². The molecule has 0 unspecified atom stereocenters. The predicted molar refractivity (Wildman–Crippen MR) is 92.0 cm³/mol. The minimum absolute atomic E-state index is 1.00.